The molecule has 0 N–H and O–H groups in total. The normalized spacial score (nSPS) is 9.94. The van der Waals surface area contributed by atoms with Crippen molar-refractivity contribution >= 4 is 23.9 Å². The number of aryl methyl sites for hydroxylation is 1. The Balaban J connectivity index is 3.06. The zero-order valence-corrected chi connectivity index (χ0v) is 10.0. The van der Waals surface area contributed by atoms with E-state index < -0.39 is 0 Å². The molecule has 0 atom stereocenters. The van der Waals surface area contributed by atoms with E-state index in [1.807, 2.05) is 0 Å². The third-order valence-electron chi connectivity index (χ3n) is 2.26. The molecular formula is C12H13ClO3. The van der Waals surface area contributed by atoms with E-state index in [4.69, 9.17) is 16.3 Å². The van der Waals surface area contributed by atoms with Gasteiger partial charge in [-0.2, -0.15) is 0 Å². The third kappa shape index (κ3) is 2.83. The molecule has 0 bridgehead atoms. The van der Waals surface area contributed by atoms with Gasteiger partial charge in [0.25, 0.3) is 0 Å². The lowest BCUT2D eigenvalue weighted by atomic mass is 10.0. The lowest BCUT2D eigenvalue weighted by molar-refractivity contribution is -0.142. The van der Waals surface area contributed by atoms with Gasteiger partial charge in [-0.15, -0.1) is 0 Å². The first kappa shape index (κ1) is 12.7. The van der Waals surface area contributed by atoms with Crippen molar-refractivity contribution in [2.75, 3.05) is 6.61 Å². The fourth-order valence-electron chi connectivity index (χ4n) is 1.46. The fraction of sp³-hybridized carbons (Fsp3) is 0.333. The van der Waals surface area contributed by atoms with E-state index in [1.165, 1.54) is 0 Å². The molecule has 1 aromatic rings. The summed E-state index contributed by atoms with van der Waals surface area (Å²) < 4.78 is 4.83. The molecule has 0 amide bonds. The highest BCUT2D eigenvalue weighted by molar-refractivity contribution is 6.32. The van der Waals surface area contributed by atoms with Gasteiger partial charge >= 0.3 is 5.97 Å². The van der Waals surface area contributed by atoms with E-state index in [-0.39, 0.29) is 12.4 Å². The molecule has 0 heterocycles. The Kier molecular flexibility index (Phi) is 4.50. The Bertz CT molecular complexity index is 413. The monoisotopic (exact) mass is 240 g/mol. The van der Waals surface area contributed by atoms with Gasteiger partial charge in [0.2, 0.25) is 0 Å². The maximum absolute atomic E-state index is 11.3. The molecule has 0 aliphatic carbocycles. The van der Waals surface area contributed by atoms with Gasteiger partial charge in [-0.05, 0) is 31.0 Å². The van der Waals surface area contributed by atoms with Crippen LogP contribution in [-0.4, -0.2) is 18.9 Å². The maximum atomic E-state index is 11.3. The highest BCUT2D eigenvalue weighted by Crippen LogP contribution is 2.22. The van der Waals surface area contributed by atoms with Crippen molar-refractivity contribution in [3.63, 3.8) is 0 Å². The van der Waals surface area contributed by atoms with Crippen LogP contribution in [0.4, 0.5) is 0 Å². The number of hydrogen-bond donors (Lipinski definition) is 0. The second-order valence-corrected chi connectivity index (χ2v) is 3.76. The molecule has 1 rings (SSSR count). The molecule has 0 saturated heterocycles. The van der Waals surface area contributed by atoms with Crippen molar-refractivity contribution in [2.45, 2.75) is 20.3 Å². The Morgan fingerprint density at radius 1 is 1.50 bits per heavy atom. The maximum Gasteiger partial charge on any atom is 0.310 e. The minimum atomic E-state index is -0.377. The molecule has 0 fully saturated rings. The number of halogens is 1. The van der Waals surface area contributed by atoms with E-state index in [9.17, 15) is 9.59 Å². The van der Waals surface area contributed by atoms with Crippen molar-refractivity contribution in [1.29, 1.82) is 0 Å². The molecule has 0 unspecified atom stereocenters. The minimum absolute atomic E-state index is 0.0302. The molecule has 0 aliphatic heterocycles. The van der Waals surface area contributed by atoms with Crippen molar-refractivity contribution in [3.05, 3.63) is 33.8 Å². The van der Waals surface area contributed by atoms with Crippen LogP contribution >= 0.6 is 11.6 Å². The van der Waals surface area contributed by atoms with Gasteiger partial charge in [0.05, 0.1) is 13.0 Å². The van der Waals surface area contributed by atoms with Gasteiger partial charge in [0.15, 0.2) is 6.29 Å². The largest absolute Gasteiger partial charge is 0.466 e. The fourth-order valence-corrected chi connectivity index (χ4v) is 1.69. The number of carbonyl (C=O) groups is 2. The summed E-state index contributed by atoms with van der Waals surface area (Å²) in [5.74, 6) is -0.377. The summed E-state index contributed by atoms with van der Waals surface area (Å²) in [5.41, 5.74) is 1.81. The summed E-state index contributed by atoms with van der Waals surface area (Å²) in [6.45, 7) is 3.85. The number of benzene rings is 1. The summed E-state index contributed by atoms with van der Waals surface area (Å²) in [4.78, 5) is 22.3. The van der Waals surface area contributed by atoms with E-state index in [0.717, 1.165) is 11.8 Å². The van der Waals surface area contributed by atoms with Crippen LogP contribution in [0.2, 0.25) is 5.02 Å². The highest BCUT2D eigenvalue weighted by Gasteiger charge is 2.14. The van der Waals surface area contributed by atoms with Crippen LogP contribution in [0.3, 0.4) is 0 Å². The number of ether oxygens (including phenoxy) is 1. The van der Waals surface area contributed by atoms with Gasteiger partial charge < -0.3 is 4.74 Å². The number of rotatable bonds is 4. The van der Waals surface area contributed by atoms with Crippen molar-refractivity contribution in [3.8, 4) is 0 Å². The van der Waals surface area contributed by atoms with Gasteiger partial charge in [0, 0.05) is 10.6 Å². The topological polar surface area (TPSA) is 43.4 Å². The molecule has 0 saturated carbocycles. The summed E-state index contributed by atoms with van der Waals surface area (Å²) >= 11 is 5.96. The first-order chi connectivity index (χ1) is 7.60. The molecule has 1 aromatic carbocycles. The lowest BCUT2D eigenvalue weighted by Gasteiger charge is -2.09. The molecule has 0 aliphatic rings. The predicted molar refractivity (Wildman–Crippen MR) is 61.9 cm³/mol. The Morgan fingerprint density at radius 2 is 2.19 bits per heavy atom. The Morgan fingerprint density at radius 3 is 2.75 bits per heavy atom. The van der Waals surface area contributed by atoms with Crippen LogP contribution in [0.1, 0.15) is 28.4 Å². The van der Waals surface area contributed by atoms with Gasteiger partial charge in [-0.1, -0.05) is 17.7 Å². The van der Waals surface area contributed by atoms with Gasteiger partial charge in [-0.25, -0.2) is 0 Å². The van der Waals surface area contributed by atoms with Gasteiger partial charge in [0.1, 0.15) is 0 Å². The van der Waals surface area contributed by atoms with Crippen LogP contribution in [-0.2, 0) is 16.0 Å². The number of aldehydes is 1. The van der Waals surface area contributed by atoms with Crippen molar-refractivity contribution in [2.24, 2.45) is 0 Å². The zero-order chi connectivity index (χ0) is 12.1. The molecular weight excluding hydrogens is 228 g/mol. The SMILES string of the molecule is CCOC(=O)Cc1c(Cl)ccc(C)c1C=O. The second-order valence-electron chi connectivity index (χ2n) is 3.36. The molecule has 0 spiro atoms. The first-order valence-electron chi connectivity index (χ1n) is 4.99. The average Bonchev–Trinajstić information content (AvgIpc) is 2.24. The number of hydrogen-bond acceptors (Lipinski definition) is 3. The summed E-state index contributed by atoms with van der Waals surface area (Å²) in [6, 6.07) is 3.43. The highest BCUT2D eigenvalue weighted by atomic mass is 35.5. The van der Waals surface area contributed by atoms with Crippen LogP contribution in [0.5, 0.6) is 0 Å². The quantitative estimate of drug-likeness (QED) is 0.600. The second kappa shape index (κ2) is 5.66. The smallest absolute Gasteiger partial charge is 0.310 e. The molecule has 3 nitrogen and oxygen atoms in total. The number of carbonyl (C=O) groups excluding carboxylic acids is 2. The van der Waals surface area contributed by atoms with Crippen LogP contribution in [0, 0.1) is 6.92 Å². The van der Waals surface area contributed by atoms with E-state index >= 15 is 0 Å². The Hall–Kier alpha value is -1.35. The molecule has 4 heteroatoms. The first-order valence-corrected chi connectivity index (χ1v) is 5.36. The zero-order valence-electron chi connectivity index (χ0n) is 9.25. The number of esters is 1. The molecule has 0 radical (unpaired) electrons. The average molecular weight is 241 g/mol. The molecule has 86 valence electrons. The predicted octanol–water partition coefficient (Wildman–Crippen LogP) is 2.57. The summed E-state index contributed by atoms with van der Waals surface area (Å²) in [6.07, 6.45) is 0.748. The summed E-state index contributed by atoms with van der Waals surface area (Å²) in [5, 5.41) is 0.417. The van der Waals surface area contributed by atoms with Crippen molar-refractivity contribution in [1.82, 2.24) is 0 Å². The standard InChI is InChI=1S/C12H13ClO3/c1-3-16-12(15)6-9-10(7-14)8(2)4-5-11(9)13/h4-5,7H,3,6H2,1-2H3. The van der Waals surface area contributed by atoms with Gasteiger partial charge in [-0.3, -0.25) is 9.59 Å². The van der Waals surface area contributed by atoms with Crippen molar-refractivity contribution < 1.29 is 14.3 Å². The van der Waals surface area contributed by atoms with E-state index in [2.05, 4.69) is 0 Å². The molecule has 0 aromatic heterocycles. The minimum Gasteiger partial charge on any atom is -0.466 e. The third-order valence-corrected chi connectivity index (χ3v) is 2.62. The van der Waals surface area contributed by atoms with Crippen LogP contribution in [0.15, 0.2) is 12.1 Å². The summed E-state index contributed by atoms with van der Waals surface area (Å²) in [7, 11) is 0. The molecule has 16 heavy (non-hydrogen) atoms. The van der Waals surface area contributed by atoms with Crippen LogP contribution < -0.4 is 0 Å². The van der Waals surface area contributed by atoms with E-state index in [0.29, 0.717) is 22.8 Å². The lowest BCUT2D eigenvalue weighted by Crippen LogP contribution is -2.10. The van der Waals surface area contributed by atoms with Crippen LogP contribution in [0.25, 0.3) is 0 Å². The van der Waals surface area contributed by atoms with E-state index in [1.54, 1.807) is 26.0 Å². The Labute approximate surface area is 99.4 Å².